The van der Waals surface area contributed by atoms with E-state index in [1.807, 2.05) is 13.0 Å². The Bertz CT molecular complexity index is 597. The Labute approximate surface area is 99.2 Å². The van der Waals surface area contributed by atoms with Crippen LogP contribution in [0, 0.1) is 6.92 Å². The molecule has 0 unspecified atom stereocenters. The summed E-state index contributed by atoms with van der Waals surface area (Å²) in [5.74, 6) is 0.704. The molecule has 0 aliphatic heterocycles. The summed E-state index contributed by atoms with van der Waals surface area (Å²) in [5, 5.41) is 0. The summed E-state index contributed by atoms with van der Waals surface area (Å²) >= 11 is 0. The van der Waals surface area contributed by atoms with Crippen LogP contribution in [0.4, 0.5) is 0 Å². The van der Waals surface area contributed by atoms with Crippen molar-refractivity contribution in [3.8, 4) is 0 Å². The molecule has 2 aromatic rings. The van der Waals surface area contributed by atoms with Crippen LogP contribution in [0.1, 0.15) is 35.1 Å². The van der Waals surface area contributed by atoms with E-state index in [-0.39, 0.29) is 5.97 Å². The van der Waals surface area contributed by atoms with E-state index in [1.54, 1.807) is 12.1 Å². The maximum atomic E-state index is 11.4. The molecule has 1 aromatic heterocycles. The first kappa shape index (κ1) is 10.3. The van der Waals surface area contributed by atoms with Gasteiger partial charge in [0, 0.05) is 6.04 Å². The summed E-state index contributed by atoms with van der Waals surface area (Å²) in [6.07, 6.45) is 2.45. The molecule has 88 valence electrons. The van der Waals surface area contributed by atoms with Crippen molar-refractivity contribution >= 4 is 17.0 Å². The topological polar surface area (TPSA) is 44.1 Å². The van der Waals surface area contributed by atoms with Gasteiger partial charge in [-0.15, -0.1) is 0 Å². The summed E-state index contributed by atoms with van der Waals surface area (Å²) in [5.41, 5.74) is 2.54. The third-order valence-electron chi connectivity index (χ3n) is 3.20. The van der Waals surface area contributed by atoms with Gasteiger partial charge in [-0.2, -0.15) is 0 Å². The van der Waals surface area contributed by atoms with Crippen molar-refractivity contribution in [3.05, 3.63) is 29.6 Å². The van der Waals surface area contributed by atoms with Gasteiger partial charge in [0.25, 0.3) is 0 Å². The summed E-state index contributed by atoms with van der Waals surface area (Å²) < 4.78 is 6.97. The van der Waals surface area contributed by atoms with Crippen molar-refractivity contribution in [1.29, 1.82) is 0 Å². The number of hydrogen-bond acceptors (Lipinski definition) is 3. The molecule has 0 spiro atoms. The molecule has 1 heterocycles. The van der Waals surface area contributed by atoms with Crippen LogP contribution in [0.25, 0.3) is 11.0 Å². The van der Waals surface area contributed by atoms with Crippen LogP contribution in [0.2, 0.25) is 0 Å². The van der Waals surface area contributed by atoms with Gasteiger partial charge in [0.2, 0.25) is 0 Å². The van der Waals surface area contributed by atoms with Crippen LogP contribution in [0.3, 0.4) is 0 Å². The monoisotopic (exact) mass is 230 g/mol. The molecule has 0 bridgehead atoms. The van der Waals surface area contributed by atoms with E-state index < -0.39 is 0 Å². The third kappa shape index (κ3) is 1.60. The van der Waals surface area contributed by atoms with Gasteiger partial charge in [-0.05, 0) is 38.0 Å². The van der Waals surface area contributed by atoms with Gasteiger partial charge in [-0.25, -0.2) is 9.78 Å². The minimum Gasteiger partial charge on any atom is -0.465 e. The molecule has 0 N–H and O–H groups in total. The Kier molecular flexibility index (Phi) is 2.18. The number of aryl methyl sites for hydroxylation is 1. The number of hydrogen-bond donors (Lipinski definition) is 0. The number of imidazole rings is 1. The second-order valence-corrected chi connectivity index (χ2v) is 4.46. The molecule has 0 radical (unpaired) electrons. The highest BCUT2D eigenvalue weighted by Gasteiger charge is 2.27. The van der Waals surface area contributed by atoms with Crippen LogP contribution >= 0.6 is 0 Å². The number of aromatic nitrogens is 2. The molecule has 1 aromatic carbocycles. The van der Waals surface area contributed by atoms with Crippen LogP contribution < -0.4 is 0 Å². The predicted molar refractivity (Wildman–Crippen MR) is 64.1 cm³/mol. The van der Waals surface area contributed by atoms with Gasteiger partial charge in [0.15, 0.2) is 0 Å². The number of carbonyl (C=O) groups is 1. The first-order valence-corrected chi connectivity index (χ1v) is 5.77. The van der Waals surface area contributed by atoms with Gasteiger partial charge in [-0.1, -0.05) is 0 Å². The molecule has 0 amide bonds. The first-order chi connectivity index (χ1) is 8.20. The number of carbonyl (C=O) groups excluding carboxylic acids is 1. The fourth-order valence-corrected chi connectivity index (χ4v) is 2.26. The van der Waals surface area contributed by atoms with E-state index in [1.165, 1.54) is 20.0 Å². The molecule has 3 rings (SSSR count). The lowest BCUT2D eigenvalue weighted by Crippen LogP contribution is -2.01. The normalized spacial score (nSPS) is 15.2. The quantitative estimate of drug-likeness (QED) is 0.744. The largest absolute Gasteiger partial charge is 0.465 e. The summed E-state index contributed by atoms with van der Waals surface area (Å²) in [6.45, 7) is 2.01. The molecule has 1 aliphatic rings. The van der Waals surface area contributed by atoms with E-state index in [4.69, 9.17) is 4.74 Å². The smallest absolute Gasteiger partial charge is 0.337 e. The van der Waals surface area contributed by atoms with Crippen molar-refractivity contribution in [3.63, 3.8) is 0 Å². The maximum Gasteiger partial charge on any atom is 0.337 e. The average molecular weight is 230 g/mol. The fraction of sp³-hybridized carbons (Fsp3) is 0.385. The van der Waals surface area contributed by atoms with Crippen molar-refractivity contribution < 1.29 is 9.53 Å². The zero-order valence-electron chi connectivity index (χ0n) is 9.93. The molecule has 0 saturated heterocycles. The van der Waals surface area contributed by atoms with Gasteiger partial charge >= 0.3 is 5.97 Å². The van der Waals surface area contributed by atoms with Crippen LogP contribution in [0.5, 0.6) is 0 Å². The van der Waals surface area contributed by atoms with Gasteiger partial charge < -0.3 is 9.30 Å². The zero-order chi connectivity index (χ0) is 12.0. The Morgan fingerprint density at radius 1 is 1.47 bits per heavy atom. The van der Waals surface area contributed by atoms with Crippen LogP contribution in [-0.2, 0) is 4.74 Å². The predicted octanol–water partition coefficient (Wildman–Crippen LogP) is 2.47. The Balaban J connectivity index is 2.15. The standard InChI is InChI=1S/C13H14N2O2/c1-8-14-11-7-9(13(16)17-2)3-6-12(11)15(8)10-4-5-10/h3,6-7,10H,4-5H2,1-2H3. The second-order valence-electron chi connectivity index (χ2n) is 4.46. The molecular weight excluding hydrogens is 216 g/mol. The number of benzene rings is 1. The second kappa shape index (κ2) is 3.58. The first-order valence-electron chi connectivity index (χ1n) is 5.77. The SMILES string of the molecule is COC(=O)c1ccc2c(c1)nc(C)n2C1CC1. The van der Waals surface area contributed by atoms with E-state index in [2.05, 4.69) is 9.55 Å². The Morgan fingerprint density at radius 3 is 2.88 bits per heavy atom. The van der Waals surface area contributed by atoms with E-state index >= 15 is 0 Å². The number of esters is 1. The minimum atomic E-state index is -0.314. The third-order valence-corrected chi connectivity index (χ3v) is 3.20. The molecule has 1 aliphatic carbocycles. The lowest BCUT2D eigenvalue weighted by atomic mass is 10.2. The molecule has 1 saturated carbocycles. The zero-order valence-corrected chi connectivity index (χ0v) is 9.93. The molecule has 4 heteroatoms. The highest BCUT2D eigenvalue weighted by Crippen LogP contribution is 2.38. The van der Waals surface area contributed by atoms with Crippen molar-refractivity contribution in [2.45, 2.75) is 25.8 Å². The van der Waals surface area contributed by atoms with Gasteiger partial charge in [0.05, 0.1) is 23.7 Å². The lowest BCUT2D eigenvalue weighted by Gasteiger charge is -2.04. The van der Waals surface area contributed by atoms with Crippen molar-refractivity contribution in [1.82, 2.24) is 9.55 Å². The Morgan fingerprint density at radius 2 is 2.24 bits per heavy atom. The fourth-order valence-electron chi connectivity index (χ4n) is 2.26. The summed E-state index contributed by atoms with van der Waals surface area (Å²) in [6, 6.07) is 6.16. The van der Waals surface area contributed by atoms with Crippen molar-refractivity contribution in [2.75, 3.05) is 7.11 Å². The van der Waals surface area contributed by atoms with Crippen molar-refractivity contribution in [2.24, 2.45) is 0 Å². The number of rotatable bonds is 2. The van der Waals surface area contributed by atoms with E-state index in [9.17, 15) is 4.79 Å². The van der Waals surface area contributed by atoms with Crippen LogP contribution in [-0.4, -0.2) is 22.6 Å². The highest BCUT2D eigenvalue weighted by atomic mass is 16.5. The number of fused-ring (bicyclic) bond motifs is 1. The average Bonchev–Trinajstić information content (AvgIpc) is 3.10. The van der Waals surface area contributed by atoms with Crippen LogP contribution in [0.15, 0.2) is 18.2 Å². The highest BCUT2D eigenvalue weighted by molar-refractivity contribution is 5.93. The molecular formula is C13H14N2O2. The lowest BCUT2D eigenvalue weighted by molar-refractivity contribution is 0.0601. The maximum absolute atomic E-state index is 11.4. The summed E-state index contributed by atoms with van der Waals surface area (Å²) in [7, 11) is 1.39. The van der Waals surface area contributed by atoms with E-state index in [0.29, 0.717) is 11.6 Å². The van der Waals surface area contributed by atoms with E-state index in [0.717, 1.165) is 16.9 Å². The molecule has 4 nitrogen and oxygen atoms in total. The molecule has 0 atom stereocenters. The Hall–Kier alpha value is -1.84. The molecule has 17 heavy (non-hydrogen) atoms. The number of ether oxygens (including phenoxy) is 1. The summed E-state index contributed by atoms with van der Waals surface area (Å²) in [4.78, 5) is 15.9. The number of nitrogens with zero attached hydrogens (tertiary/aromatic N) is 2. The molecule has 1 fully saturated rings. The van der Waals surface area contributed by atoms with Gasteiger partial charge in [0.1, 0.15) is 5.82 Å². The van der Waals surface area contributed by atoms with Gasteiger partial charge in [-0.3, -0.25) is 0 Å². The number of methoxy groups -OCH3 is 1. The minimum absolute atomic E-state index is 0.314.